The molecule has 1 aliphatic carbocycles. The van der Waals surface area contributed by atoms with Crippen molar-refractivity contribution in [3.63, 3.8) is 0 Å². The van der Waals surface area contributed by atoms with E-state index in [1.807, 2.05) is 5.32 Å². The topological polar surface area (TPSA) is 84.5 Å². The van der Waals surface area contributed by atoms with Crippen molar-refractivity contribution < 1.29 is 27.9 Å². The van der Waals surface area contributed by atoms with Crippen molar-refractivity contribution in [3.8, 4) is 0 Å². The van der Waals surface area contributed by atoms with Gasteiger partial charge in [0.2, 0.25) is 0 Å². The number of amides is 3. The molecule has 23 heavy (non-hydrogen) atoms. The Labute approximate surface area is 131 Å². The number of carbonyl (C=O) groups is 3. The van der Waals surface area contributed by atoms with E-state index in [1.54, 1.807) is 0 Å². The molecule has 8 heteroatoms. The molecule has 0 spiro atoms. The molecule has 2 N–H and O–H groups in total. The zero-order valence-corrected chi connectivity index (χ0v) is 12.2. The lowest BCUT2D eigenvalue weighted by atomic mass is 10.2. The van der Waals surface area contributed by atoms with Gasteiger partial charge in [0, 0.05) is 12.1 Å². The van der Waals surface area contributed by atoms with Gasteiger partial charge < -0.3 is 10.1 Å². The van der Waals surface area contributed by atoms with Crippen LogP contribution in [0.15, 0.2) is 18.2 Å². The van der Waals surface area contributed by atoms with Crippen LogP contribution in [0.25, 0.3) is 0 Å². The molecule has 1 aliphatic rings. The number of hydrogen-bond acceptors (Lipinski definition) is 4. The monoisotopic (exact) mass is 326 g/mol. The molecule has 0 radical (unpaired) electrons. The minimum absolute atomic E-state index is 0.0422. The lowest BCUT2D eigenvalue weighted by molar-refractivity contribution is -0.123. The third-order valence-corrected chi connectivity index (χ3v) is 3.38. The summed E-state index contributed by atoms with van der Waals surface area (Å²) in [5, 5.41) is 4.66. The van der Waals surface area contributed by atoms with Crippen molar-refractivity contribution in [2.75, 3.05) is 6.61 Å². The summed E-state index contributed by atoms with van der Waals surface area (Å²) in [5.74, 6) is -3.75. The first kappa shape index (κ1) is 16.9. The molecule has 0 saturated heterocycles. The molecule has 0 aromatic heterocycles. The van der Waals surface area contributed by atoms with E-state index in [1.165, 1.54) is 0 Å². The highest BCUT2D eigenvalue weighted by Crippen LogP contribution is 2.17. The van der Waals surface area contributed by atoms with E-state index in [2.05, 4.69) is 10.1 Å². The van der Waals surface area contributed by atoms with E-state index in [9.17, 15) is 23.2 Å². The predicted molar refractivity (Wildman–Crippen MR) is 75.6 cm³/mol. The average Bonchev–Trinajstić information content (AvgIpc) is 2.96. The maximum atomic E-state index is 13.0. The quantitative estimate of drug-likeness (QED) is 0.828. The standard InChI is InChI=1S/C15H16F2N2O4/c16-10-5-9(6-11(17)7-10)14(21)23-8-13(20)19-15(22)18-12-3-1-2-4-12/h5-7,12H,1-4,8H2,(H2,18,19,20,22). The van der Waals surface area contributed by atoms with Gasteiger partial charge in [0.05, 0.1) is 5.56 Å². The molecule has 2 rings (SSSR count). The zero-order chi connectivity index (χ0) is 16.8. The van der Waals surface area contributed by atoms with E-state index in [-0.39, 0.29) is 11.6 Å². The Bertz CT molecular complexity index is 595. The van der Waals surface area contributed by atoms with Crippen LogP contribution in [0.4, 0.5) is 13.6 Å². The van der Waals surface area contributed by atoms with Gasteiger partial charge in [-0.1, -0.05) is 12.8 Å². The number of esters is 1. The Morgan fingerprint density at radius 3 is 2.30 bits per heavy atom. The van der Waals surface area contributed by atoms with E-state index in [0.29, 0.717) is 6.07 Å². The van der Waals surface area contributed by atoms with Gasteiger partial charge in [-0.3, -0.25) is 10.1 Å². The largest absolute Gasteiger partial charge is 0.452 e. The molecule has 0 aliphatic heterocycles. The van der Waals surface area contributed by atoms with E-state index in [0.717, 1.165) is 37.8 Å². The summed E-state index contributed by atoms with van der Waals surface area (Å²) in [7, 11) is 0. The van der Waals surface area contributed by atoms with Crippen LogP contribution in [0.3, 0.4) is 0 Å². The van der Waals surface area contributed by atoms with Gasteiger partial charge in [-0.05, 0) is 25.0 Å². The molecule has 1 aromatic carbocycles. The lowest BCUT2D eigenvalue weighted by Crippen LogP contribution is -2.45. The predicted octanol–water partition coefficient (Wildman–Crippen LogP) is 1.89. The third kappa shape index (κ3) is 5.32. The molecule has 6 nitrogen and oxygen atoms in total. The number of halogens is 2. The highest BCUT2D eigenvalue weighted by Gasteiger charge is 2.19. The van der Waals surface area contributed by atoms with E-state index < -0.39 is 36.1 Å². The molecule has 124 valence electrons. The number of urea groups is 1. The lowest BCUT2D eigenvalue weighted by Gasteiger charge is -2.12. The molecule has 3 amide bonds. The number of rotatable bonds is 4. The SMILES string of the molecule is O=C(COC(=O)c1cc(F)cc(F)c1)NC(=O)NC1CCCC1. The van der Waals surface area contributed by atoms with E-state index >= 15 is 0 Å². The van der Waals surface area contributed by atoms with Crippen LogP contribution in [-0.2, 0) is 9.53 Å². The molecule has 1 saturated carbocycles. The van der Waals surface area contributed by atoms with Crippen LogP contribution in [0.5, 0.6) is 0 Å². The number of hydrogen-bond donors (Lipinski definition) is 2. The van der Waals surface area contributed by atoms with Gasteiger partial charge in [-0.2, -0.15) is 0 Å². The maximum absolute atomic E-state index is 13.0. The molecule has 1 fully saturated rings. The second-order valence-electron chi connectivity index (χ2n) is 5.24. The van der Waals surface area contributed by atoms with Crippen LogP contribution in [-0.4, -0.2) is 30.6 Å². The van der Waals surface area contributed by atoms with Crippen molar-refractivity contribution in [1.82, 2.24) is 10.6 Å². The van der Waals surface area contributed by atoms with Crippen molar-refractivity contribution in [2.45, 2.75) is 31.7 Å². The Morgan fingerprint density at radius 1 is 1.09 bits per heavy atom. The number of imide groups is 1. The van der Waals surface area contributed by atoms with Gasteiger partial charge in [0.1, 0.15) is 11.6 Å². The second-order valence-corrected chi connectivity index (χ2v) is 5.24. The van der Waals surface area contributed by atoms with Crippen molar-refractivity contribution in [1.29, 1.82) is 0 Å². The third-order valence-electron chi connectivity index (χ3n) is 3.38. The fourth-order valence-electron chi connectivity index (χ4n) is 2.34. The van der Waals surface area contributed by atoms with E-state index in [4.69, 9.17) is 0 Å². The van der Waals surface area contributed by atoms with Crippen molar-refractivity contribution in [2.24, 2.45) is 0 Å². The van der Waals surface area contributed by atoms with Crippen molar-refractivity contribution >= 4 is 17.9 Å². The Balaban J connectivity index is 1.76. The highest BCUT2D eigenvalue weighted by molar-refractivity contribution is 5.97. The molecule has 0 heterocycles. The maximum Gasteiger partial charge on any atom is 0.338 e. The van der Waals surface area contributed by atoms with Gasteiger partial charge in [0.25, 0.3) is 5.91 Å². The molecule has 0 unspecified atom stereocenters. The minimum Gasteiger partial charge on any atom is -0.452 e. The number of carbonyl (C=O) groups excluding carboxylic acids is 3. The van der Waals surface area contributed by atoms with Gasteiger partial charge >= 0.3 is 12.0 Å². The smallest absolute Gasteiger partial charge is 0.338 e. The summed E-state index contributed by atoms with van der Waals surface area (Å²) in [5.41, 5.74) is -0.356. The van der Waals surface area contributed by atoms with Crippen LogP contribution in [0.1, 0.15) is 36.0 Å². The minimum atomic E-state index is -1.06. The summed E-state index contributed by atoms with van der Waals surface area (Å²) < 4.78 is 30.6. The summed E-state index contributed by atoms with van der Waals surface area (Å²) in [6, 6.07) is 1.57. The Hall–Kier alpha value is -2.51. The second kappa shape index (κ2) is 7.66. The first-order chi connectivity index (χ1) is 10.9. The Morgan fingerprint density at radius 2 is 1.70 bits per heavy atom. The molecule has 1 aromatic rings. The van der Waals surface area contributed by atoms with Gasteiger partial charge in [-0.25, -0.2) is 18.4 Å². The van der Waals surface area contributed by atoms with Crippen LogP contribution < -0.4 is 10.6 Å². The molecule has 0 atom stereocenters. The van der Waals surface area contributed by atoms with Crippen LogP contribution in [0, 0.1) is 11.6 Å². The first-order valence-corrected chi connectivity index (χ1v) is 7.17. The number of benzene rings is 1. The number of nitrogens with one attached hydrogen (secondary N) is 2. The summed E-state index contributed by atoms with van der Waals surface area (Å²) in [4.78, 5) is 34.6. The Kier molecular flexibility index (Phi) is 5.61. The summed E-state index contributed by atoms with van der Waals surface area (Å²) >= 11 is 0. The first-order valence-electron chi connectivity index (χ1n) is 7.17. The summed E-state index contributed by atoms with van der Waals surface area (Å²) in [6.45, 7) is -0.727. The number of ether oxygens (including phenoxy) is 1. The average molecular weight is 326 g/mol. The van der Waals surface area contributed by atoms with Gasteiger partial charge in [0.15, 0.2) is 6.61 Å². The highest BCUT2D eigenvalue weighted by atomic mass is 19.1. The fraction of sp³-hybridized carbons (Fsp3) is 0.400. The summed E-state index contributed by atoms with van der Waals surface area (Å²) in [6.07, 6.45) is 3.78. The fourth-order valence-corrected chi connectivity index (χ4v) is 2.34. The van der Waals surface area contributed by atoms with Crippen molar-refractivity contribution in [3.05, 3.63) is 35.4 Å². The zero-order valence-electron chi connectivity index (χ0n) is 12.2. The molecular weight excluding hydrogens is 310 g/mol. The molecule has 0 bridgehead atoms. The molecular formula is C15H16F2N2O4. The van der Waals surface area contributed by atoms with Crippen LogP contribution >= 0.6 is 0 Å². The van der Waals surface area contributed by atoms with Crippen LogP contribution in [0.2, 0.25) is 0 Å². The normalized spacial score (nSPS) is 14.3. The van der Waals surface area contributed by atoms with Gasteiger partial charge in [-0.15, -0.1) is 0 Å².